The molecule has 1 heterocycles. The molecule has 0 saturated heterocycles. The van der Waals surface area contributed by atoms with Gasteiger partial charge in [0.15, 0.2) is 0 Å². The van der Waals surface area contributed by atoms with E-state index in [4.69, 9.17) is 0 Å². The van der Waals surface area contributed by atoms with Gasteiger partial charge in [-0.1, -0.05) is 12.1 Å². The van der Waals surface area contributed by atoms with Gasteiger partial charge in [0.25, 0.3) is 5.78 Å². The molecule has 0 aliphatic heterocycles. The molecule has 2 rings (SSSR count). The van der Waals surface area contributed by atoms with Crippen molar-refractivity contribution < 1.29 is 22.4 Å². The lowest BCUT2D eigenvalue weighted by Gasteiger charge is -2.04. The molecule has 0 atom stereocenters. The summed E-state index contributed by atoms with van der Waals surface area (Å²) in [5.41, 5.74) is 0.172. The Morgan fingerprint density at radius 1 is 1.21 bits per heavy atom. The maximum Gasteiger partial charge on any atom is 0.454 e. The summed E-state index contributed by atoms with van der Waals surface area (Å²) in [5, 5.41) is 0. The number of Topliss-reactive ketones (excluding diaryl/α,β-unsaturated/α-hetero) is 1. The van der Waals surface area contributed by atoms with Crippen LogP contribution in [-0.4, -0.2) is 16.5 Å². The van der Waals surface area contributed by atoms with Crippen molar-refractivity contribution in [3.63, 3.8) is 0 Å². The van der Waals surface area contributed by atoms with E-state index in [-0.39, 0.29) is 6.54 Å². The van der Waals surface area contributed by atoms with E-state index in [1.54, 1.807) is 6.07 Å². The number of alkyl halides is 3. The summed E-state index contributed by atoms with van der Waals surface area (Å²) in [4.78, 5) is 11.0. The van der Waals surface area contributed by atoms with Crippen LogP contribution in [0.15, 0.2) is 42.7 Å². The van der Waals surface area contributed by atoms with Gasteiger partial charge in [0, 0.05) is 24.5 Å². The minimum Gasteiger partial charge on any atom is -0.349 e. The van der Waals surface area contributed by atoms with Gasteiger partial charge in [0.2, 0.25) is 0 Å². The van der Waals surface area contributed by atoms with Gasteiger partial charge in [-0.05, 0) is 23.8 Å². The van der Waals surface area contributed by atoms with Crippen LogP contribution in [-0.2, 0) is 6.54 Å². The highest BCUT2D eigenvalue weighted by Gasteiger charge is 2.39. The molecule has 0 N–H and O–H groups in total. The molecule has 0 radical (unpaired) electrons. The van der Waals surface area contributed by atoms with Crippen molar-refractivity contribution in [3.05, 3.63) is 59.7 Å². The number of aromatic nitrogens is 1. The van der Waals surface area contributed by atoms with Gasteiger partial charge >= 0.3 is 6.18 Å². The van der Waals surface area contributed by atoms with Gasteiger partial charge in [-0.2, -0.15) is 13.2 Å². The topological polar surface area (TPSA) is 22.0 Å². The van der Waals surface area contributed by atoms with Crippen molar-refractivity contribution in [2.75, 3.05) is 0 Å². The largest absolute Gasteiger partial charge is 0.454 e. The summed E-state index contributed by atoms with van der Waals surface area (Å²) in [6.45, 7) is 0.197. The van der Waals surface area contributed by atoms with Gasteiger partial charge in [0.05, 0.1) is 0 Å². The lowest BCUT2D eigenvalue weighted by molar-refractivity contribution is -0.0885. The molecule has 0 bridgehead atoms. The van der Waals surface area contributed by atoms with E-state index >= 15 is 0 Å². The van der Waals surface area contributed by atoms with E-state index in [9.17, 15) is 22.4 Å². The molecule has 19 heavy (non-hydrogen) atoms. The molecule has 1 aromatic heterocycles. The third-order valence-corrected chi connectivity index (χ3v) is 2.52. The molecular weight excluding hydrogens is 262 g/mol. The van der Waals surface area contributed by atoms with Gasteiger partial charge in [0.1, 0.15) is 5.82 Å². The first-order valence-corrected chi connectivity index (χ1v) is 5.38. The van der Waals surface area contributed by atoms with E-state index in [1.165, 1.54) is 29.0 Å². The highest BCUT2D eigenvalue weighted by atomic mass is 19.4. The predicted octanol–water partition coefficient (Wildman–Crippen LogP) is 3.42. The molecule has 0 aliphatic carbocycles. The van der Waals surface area contributed by atoms with Gasteiger partial charge in [-0.25, -0.2) is 4.39 Å². The summed E-state index contributed by atoms with van der Waals surface area (Å²) >= 11 is 0. The Morgan fingerprint density at radius 2 is 1.95 bits per heavy atom. The molecule has 100 valence electrons. The summed E-state index contributed by atoms with van der Waals surface area (Å²) in [5.74, 6) is -2.30. The normalized spacial score (nSPS) is 11.6. The first-order valence-electron chi connectivity index (χ1n) is 5.38. The molecule has 2 aromatic rings. The molecule has 6 heteroatoms. The van der Waals surface area contributed by atoms with Crippen LogP contribution in [0.2, 0.25) is 0 Å². The van der Waals surface area contributed by atoms with Crippen LogP contribution >= 0.6 is 0 Å². The fourth-order valence-electron chi connectivity index (χ4n) is 1.68. The summed E-state index contributed by atoms with van der Waals surface area (Å²) < 4.78 is 51.0. The summed E-state index contributed by atoms with van der Waals surface area (Å²) in [7, 11) is 0. The minimum absolute atomic E-state index is 0.197. The molecule has 2 nitrogen and oxygen atoms in total. The lowest BCUT2D eigenvalue weighted by atomic mass is 10.2. The number of carbonyl (C=O) groups is 1. The standard InChI is InChI=1S/C13H9F4NO/c14-11-3-1-2-9(6-11)7-18-5-4-10(8-18)12(19)13(15,16)17/h1-6,8H,7H2. The number of ketones is 1. The Kier molecular flexibility index (Phi) is 3.42. The number of benzene rings is 1. The SMILES string of the molecule is O=C(c1ccn(Cc2cccc(F)c2)c1)C(F)(F)F. The van der Waals surface area contributed by atoms with Crippen LogP contribution in [0.25, 0.3) is 0 Å². The van der Waals surface area contributed by atoms with Crippen molar-refractivity contribution in [2.24, 2.45) is 0 Å². The van der Waals surface area contributed by atoms with E-state index in [0.29, 0.717) is 5.56 Å². The maximum atomic E-state index is 12.9. The zero-order valence-corrected chi connectivity index (χ0v) is 9.62. The van der Waals surface area contributed by atoms with Crippen LogP contribution in [0.3, 0.4) is 0 Å². The average molecular weight is 271 g/mol. The number of halogens is 4. The number of rotatable bonds is 3. The van der Waals surface area contributed by atoms with E-state index in [2.05, 4.69) is 0 Å². The molecule has 0 amide bonds. The Morgan fingerprint density at radius 3 is 2.58 bits per heavy atom. The average Bonchev–Trinajstić information content (AvgIpc) is 2.75. The molecular formula is C13H9F4NO. The van der Waals surface area contributed by atoms with Crippen LogP contribution in [0.5, 0.6) is 0 Å². The molecule has 0 fully saturated rings. The van der Waals surface area contributed by atoms with Crippen molar-refractivity contribution in [2.45, 2.75) is 12.7 Å². The van der Waals surface area contributed by atoms with Crippen LogP contribution in [0, 0.1) is 5.82 Å². The van der Waals surface area contributed by atoms with Crippen molar-refractivity contribution in [1.29, 1.82) is 0 Å². The smallest absolute Gasteiger partial charge is 0.349 e. The maximum absolute atomic E-state index is 12.9. The summed E-state index contributed by atoms with van der Waals surface area (Å²) in [6.07, 6.45) is -2.43. The second-order valence-electron chi connectivity index (χ2n) is 4.03. The highest BCUT2D eigenvalue weighted by molar-refractivity contribution is 6.00. The van der Waals surface area contributed by atoms with Crippen molar-refractivity contribution >= 4 is 5.78 Å². The third kappa shape index (κ3) is 3.21. The van der Waals surface area contributed by atoms with Gasteiger partial charge in [-0.15, -0.1) is 0 Å². The second-order valence-corrected chi connectivity index (χ2v) is 4.03. The Hall–Kier alpha value is -2.11. The highest BCUT2D eigenvalue weighted by Crippen LogP contribution is 2.21. The van der Waals surface area contributed by atoms with Gasteiger partial charge < -0.3 is 4.57 Å². The Labute approximate surface area is 106 Å². The number of hydrogen-bond donors (Lipinski definition) is 0. The first-order chi connectivity index (χ1) is 8.86. The van der Waals surface area contributed by atoms with Crippen LogP contribution in [0.4, 0.5) is 17.6 Å². The Balaban J connectivity index is 2.16. The molecule has 0 spiro atoms. The number of hydrogen-bond acceptors (Lipinski definition) is 1. The van der Waals surface area contributed by atoms with Gasteiger partial charge in [-0.3, -0.25) is 4.79 Å². The third-order valence-electron chi connectivity index (χ3n) is 2.52. The quantitative estimate of drug-likeness (QED) is 0.619. The van der Waals surface area contributed by atoms with Crippen molar-refractivity contribution in [1.82, 2.24) is 4.57 Å². The molecule has 1 aromatic carbocycles. The Bertz CT molecular complexity index is 601. The fourth-order valence-corrected chi connectivity index (χ4v) is 1.68. The zero-order valence-electron chi connectivity index (χ0n) is 9.62. The van der Waals surface area contributed by atoms with Crippen LogP contribution < -0.4 is 0 Å². The second kappa shape index (κ2) is 4.87. The first kappa shape index (κ1) is 13.3. The molecule has 0 unspecified atom stereocenters. The summed E-state index contributed by atoms with van der Waals surface area (Å²) in [6, 6.07) is 6.81. The minimum atomic E-state index is -4.88. The predicted molar refractivity (Wildman–Crippen MR) is 60.3 cm³/mol. The van der Waals surface area contributed by atoms with E-state index in [1.807, 2.05) is 0 Å². The van der Waals surface area contributed by atoms with E-state index in [0.717, 1.165) is 12.3 Å². The lowest BCUT2D eigenvalue weighted by Crippen LogP contribution is -2.22. The zero-order chi connectivity index (χ0) is 14.0. The van der Waals surface area contributed by atoms with E-state index < -0.39 is 23.3 Å². The van der Waals surface area contributed by atoms with Crippen molar-refractivity contribution in [3.8, 4) is 0 Å². The fraction of sp³-hybridized carbons (Fsp3) is 0.154. The van der Waals surface area contributed by atoms with Crippen LogP contribution in [0.1, 0.15) is 15.9 Å². The number of carbonyl (C=O) groups excluding carboxylic acids is 1. The number of nitrogens with zero attached hydrogens (tertiary/aromatic N) is 1. The molecule has 0 aliphatic rings. The molecule has 0 saturated carbocycles. The monoisotopic (exact) mass is 271 g/mol.